The lowest BCUT2D eigenvalue weighted by Gasteiger charge is -2.07. The van der Waals surface area contributed by atoms with Crippen LogP contribution in [0.5, 0.6) is 0 Å². The van der Waals surface area contributed by atoms with Gasteiger partial charge in [0.05, 0.1) is 5.56 Å². The molecule has 0 aromatic heterocycles. The third-order valence-electron chi connectivity index (χ3n) is 4.14. The van der Waals surface area contributed by atoms with E-state index in [4.69, 9.17) is 5.73 Å². The molecule has 0 atom stereocenters. The Morgan fingerprint density at radius 2 is 1.78 bits per heavy atom. The summed E-state index contributed by atoms with van der Waals surface area (Å²) in [7, 11) is 0. The third kappa shape index (κ3) is 5.89. The lowest BCUT2D eigenvalue weighted by Crippen LogP contribution is -2.22. The van der Waals surface area contributed by atoms with Crippen LogP contribution in [0.15, 0.2) is 47.5 Å². The van der Waals surface area contributed by atoms with Crippen LogP contribution in [0.4, 0.5) is 18.9 Å². The van der Waals surface area contributed by atoms with Crippen molar-refractivity contribution in [2.75, 3.05) is 11.9 Å². The molecule has 3 rings (SSSR count). The highest BCUT2D eigenvalue weighted by Gasteiger charge is 2.29. The number of hydrogen-bond acceptors (Lipinski definition) is 1. The molecular weight excluding hydrogens is 466 g/mol. The molecule has 0 unspecified atom stereocenters. The second-order valence-electron chi connectivity index (χ2n) is 6.04. The van der Waals surface area contributed by atoms with E-state index in [1.807, 2.05) is 6.07 Å². The number of aliphatic imine (C=N–C) groups is 1. The molecule has 0 fully saturated rings. The molecule has 142 valence electrons. The maximum atomic E-state index is 12.5. The highest BCUT2D eigenvalue weighted by molar-refractivity contribution is 14.0. The number of aryl methyl sites for hydroxylation is 2. The quantitative estimate of drug-likeness (QED) is 0.283. The zero-order valence-corrected chi connectivity index (χ0v) is 16.8. The average molecular weight is 485 g/mol. The second kappa shape index (κ2) is 9.13. The first-order chi connectivity index (χ1) is 12.4. The van der Waals surface area contributed by atoms with Gasteiger partial charge in [-0.05, 0) is 66.8 Å². The van der Waals surface area contributed by atoms with Crippen molar-refractivity contribution in [1.82, 2.24) is 0 Å². The fourth-order valence-electron chi connectivity index (χ4n) is 2.85. The molecule has 2 aromatic carbocycles. The van der Waals surface area contributed by atoms with Gasteiger partial charge in [0.2, 0.25) is 0 Å². The monoisotopic (exact) mass is 485 g/mol. The van der Waals surface area contributed by atoms with Crippen LogP contribution in [-0.4, -0.2) is 12.5 Å². The Morgan fingerprint density at radius 3 is 2.48 bits per heavy atom. The van der Waals surface area contributed by atoms with E-state index in [1.165, 1.54) is 29.7 Å². The van der Waals surface area contributed by atoms with Gasteiger partial charge in [-0.25, -0.2) is 4.99 Å². The molecule has 0 amide bonds. The van der Waals surface area contributed by atoms with Crippen LogP contribution in [0.1, 0.15) is 28.7 Å². The summed E-state index contributed by atoms with van der Waals surface area (Å²) in [5.41, 5.74) is 9.26. The van der Waals surface area contributed by atoms with Gasteiger partial charge in [-0.1, -0.05) is 17.9 Å². The van der Waals surface area contributed by atoms with Crippen molar-refractivity contribution in [2.45, 2.75) is 25.4 Å². The Morgan fingerprint density at radius 1 is 1.07 bits per heavy atom. The van der Waals surface area contributed by atoms with E-state index in [9.17, 15) is 13.2 Å². The number of rotatable bonds is 2. The molecule has 0 heterocycles. The van der Waals surface area contributed by atoms with Gasteiger partial charge in [-0.15, -0.1) is 24.0 Å². The Kier molecular flexibility index (Phi) is 7.13. The first-order valence-electron chi connectivity index (χ1n) is 8.27. The summed E-state index contributed by atoms with van der Waals surface area (Å²) >= 11 is 0. The van der Waals surface area contributed by atoms with Crippen molar-refractivity contribution in [3.05, 3.63) is 64.7 Å². The lowest BCUT2D eigenvalue weighted by atomic mass is 10.1. The Balaban J connectivity index is 0.00000261. The van der Waals surface area contributed by atoms with Crippen molar-refractivity contribution >= 4 is 35.6 Å². The molecule has 1 aliphatic rings. The van der Waals surface area contributed by atoms with Crippen molar-refractivity contribution in [3.8, 4) is 11.8 Å². The predicted octanol–water partition coefficient (Wildman–Crippen LogP) is 4.59. The van der Waals surface area contributed by atoms with Crippen LogP contribution in [0.25, 0.3) is 0 Å². The van der Waals surface area contributed by atoms with Crippen molar-refractivity contribution < 1.29 is 13.2 Å². The summed E-state index contributed by atoms with van der Waals surface area (Å²) in [6.45, 7) is 0.158. The Bertz CT molecular complexity index is 878. The molecule has 0 spiro atoms. The van der Waals surface area contributed by atoms with Gasteiger partial charge in [0, 0.05) is 11.3 Å². The fourth-order valence-corrected chi connectivity index (χ4v) is 2.85. The van der Waals surface area contributed by atoms with Gasteiger partial charge in [0.25, 0.3) is 0 Å². The number of guanidine groups is 1. The summed E-state index contributed by atoms with van der Waals surface area (Å²) in [6, 6.07) is 10.9. The number of nitrogens with zero attached hydrogens (tertiary/aromatic N) is 1. The van der Waals surface area contributed by atoms with E-state index in [0.29, 0.717) is 5.56 Å². The molecule has 3 N–H and O–H groups in total. The summed E-state index contributed by atoms with van der Waals surface area (Å²) in [5, 5.41) is 3.03. The molecule has 3 nitrogen and oxygen atoms in total. The maximum Gasteiger partial charge on any atom is 0.416 e. The molecule has 0 saturated carbocycles. The van der Waals surface area contributed by atoms with Gasteiger partial charge < -0.3 is 11.1 Å². The molecule has 0 radical (unpaired) electrons. The fraction of sp³-hybridized carbons (Fsp3) is 0.250. The van der Waals surface area contributed by atoms with Gasteiger partial charge in [-0.3, -0.25) is 0 Å². The van der Waals surface area contributed by atoms with Crippen molar-refractivity contribution in [2.24, 2.45) is 10.7 Å². The first kappa shape index (κ1) is 21.1. The molecular formula is C20H19F3IN3. The topological polar surface area (TPSA) is 50.4 Å². The smallest absolute Gasteiger partial charge is 0.370 e. The number of alkyl halides is 3. The SMILES string of the molecule is I.NC(=NCC#Cc1ccc(C(F)(F)F)cc1)Nc1ccc2c(c1)CCC2. The molecule has 7 heteroatoms. The highest BCUT2D eigenvalue weighted by Crippen LogP contribution is 2.29. The minimum absolute atomic E-state index is 0. The summed E-state index contributed by atoms with van der Waals surface area (Å²) in [6.07, 6.45) is -0.949. The molecule has 27 heavy (non-hydrogen) atoms. The number of nitrogens with one attached hydrogen (secondary N) is 1. The summed E-state index contributed by atoms with van der Waals surface area (Å²) < 4.78 is 37.5. The zero-order valence-electron chi connectivity index (χ0n) is 14.4. The van der Waals surface area contributed by atoms with Gasteiger partial charge in [0.15, 0.2) is 5.96 Å². The van der Waals surface area contributed by atoms with E-state index in [1.54, 1.807) is 0 Å². The van der Waals surface area contributed by atoms with E-state index < -0.39 is 11.7 Å². The van der Waals surface area contributed by atoms with E-state index >= 15 is 0 Å². The molecule has 0 bridgehead atoms. The summed E-state index contributed by atoms with van der Waals surface area (Å²) in [5.74, 6) is 5.80. The van der Waals surface area contributed by atoms with Crippen molar-refractivity contribution in [1.29, 1.82) is 0 Å². The second-order valence-corrected chi connectivity index (χ2v) is 6.04. The average Bonchev–Trinajstić information content (AvgIpc) is 3.06. The number of nitrogens with two attached hydrogens (primary N) is 1. The van der Waals surface area contributed by atoms with Crippen LogP contribution in [0, 0.1) is 11.8 Å². The van der Waals surface area contributed by atoms with Crippen LogP contribution in [0.2, 0.25) is 0 Å². The van der Waals surface area contributed by atoms with E-state index in [0.717, 1.165) is 30.7 Å². The van der Waals surface area contributed by atoms with Crippen LogP contribution < -0.4 is 11.1 Å². The third-order valence-corrected chi connectivity index (χ3v) is 4.14. The Hall–Kier alpha value is -2.21. The molecule has 0 aliphatic heterocycles. The highest BCUT2D eigenvalue weighted by atomic mass is 127. The zero-order chi connectivity index (χ0) is 18.6. The van der Waals surface area contributed by atoms with Gasteiger partial charge in [0.1, 0.15) is 6.54 Å². The minimum Gasteiger partial charge on any atom is -0.370 e. The van der Waals surface area contributed by atoms with Crippen LogP contribution in [-0.2, 0) is 19.0 Å². The molecule has 1 aliphatic carbocycles. The number of fused-ring (bicyclic) bond motifs is 1. The largest absolute Gasteiger partial charge is 0.416 e. The summed E-state index contributed by atoms with van der Waals surface area (Å²) in [4.78, 5) is 4.11. The molecule has 0 saturated heterocycles. The molecule has 2 aromatic rings. The number of halogens is 4. The maximum absolute atomic E-state index is 12.5. The van der Waals surface area contributed by atoms with Crippen LogP contribution >= 0.6 is 24.0 Å². The predicted molar refractivity (Wildman–Crippen MR) is 112 cm³/mol. The standard InChI is InChI=1S/C20H18F3N3.HI/c21-20(22,23)17-9-6-14(7-10-17)3-2-12-25-19(24)26-18-11-8-15-4-1-5-16(15)13-18;/h6-11,13H,1,4-5,12H2,(H3,24,25,26);1H. The lowest BCUT2D eigenvalue weighted by molar-refractivity contribution is -0.137. The number of anilines is 1. The first-order valence-corrected chi connectivity index (χ1v) is 8.27. The minimum atomic E-state index is -4.34. The Labute approximate surface area is 173 Å². The van der Waals surface area contributed by atoms with Crippen molar-refractivity contribution in [3.63, 3.8) is 0 Å². The van der Waals surface area contributed by atoms with Gasteiger partial charge in [-0.2, -0.15) is 13.2 Å². The van der Waals surface area contributed by atoms with E-state index in [2.05, 4.69) is 34.3 Å². The van der Waals surface area contributed by atoms with Gasteiger partial charge >= 0.3 is 6.18 Å². The number of hydrogen-bond donors (Lipinski definition) is 2. The van der Waals surface area contributed by atoms with E-state index in [-0.39, 0.29) is 36.5 Å². The number of benzene rings is 2. The van der Waals surface area contributed by atoms with Crippen LogP contribution in [0.3, 0.4) is 0 Å². The normalized spacial score (nSPS) is 13.2.